The molecule has 56 heavy (non-hydrogen) atoms. The second-order valence-corrected chi connectivity index (χ2v) is 17.3. The molecule has 1 aliphatic carbocycles. The van der Waals surface area contributed by atoms with Gasteiger partial charge in [0.1, 0.15) is 42.7 Å². The van der Waals surface area contributed by atoms with Crippen LogP contribution in [0.5, 0.6) is 0 Å². The van der Waals surface area contributed by atoms with Gasteiger partial charge in [-0.15, -0.1) is 0 Å². The second kappa shape index (κ2) is 34.9. The Morgan fingerprint density at radius 1 is 0.554 bits per heavy atom. The average Bonchev–Trinajstić information content (AvgIpc) is 3.18. The fourth-order valence-corrected chi connectivity index (χ4v) is 7.96. The van der Waals surface area contributed by atoms with Crippen molar-refractivity contribution >= 4 is 13.8 Å². The van der Waals surface area contributed by atoms with Gasteiger partial charge in [-0.1, -0.05) is 167 Å². The van der Waals surface area contributed by atoms with Crippen molar-refractivity contribution in [3.8, 4) is 0 Å². The first kappa shape index (κ1) is 53.1. The van der Waals surface area contributed by atoms with Crippen molar-refractivity contribution in [2.24, 2.45) is 0 Å². The number of aliphatic hydroxyl groups is 5. The number of rotatable bonds is 38. The number of phosphoric ester groups is 1. The van der Waals surface area contributed by atoms with E-state index < -0.39 is 63.1 Å². The molecule has 332 valence electrons. The maximum absolute atomic E-state index is 12.8. The van der Waals surface area contributed by atoms with Crippen molar-refractivity contribution in [1.29, 1.82) is 0 Å². The van der Waals surface area contributed by atoms with Gasteiger partial charge < -0.3 is 39.9 Å². The largest absolute Gasteiger partial charge is 0.472 e. The second-order valence-electron chi connectivity index (χ2n) is 15.9. The molecule has 0 aromatic heterocycles. The highest BCUT2D eigenvalue weighted by molar-refractivity contribution is 7.47. The average molecular weight is 823 g/mol. The summed E-state index contributed by atoms with van der Waals surface area (Å²) in [5, 5.41) is 50.1. The Hall–Kier alpha value is -0.920. The lowest BCUT2D eigenvalue weighted by atomic mass is 9.85. The van der Waals surface area contributed by atoms with Gasteiger partial charge in [0.05, 0.1) is 13.2 Å². The zero-order chi connectivity index (χ0) is 41.3. The van der Waals surface area contributed by atoms with E-state index in [1.54, 1.807) is 0 Å². The SMILES string of the molecule is CCCC/C=C\CCCCCCCCOCC(COP(=O)(O)OC1C(O)C(O)C(O)C(O)C1O)OC(=O)CCCCCCCCCCCCCCCCCCC. The Labute approximate surface area is 339 Å². The maximum Gasteiger partial charge on any atom is 0.472 e. The number of allylic oxidation sites excluding steroid dienone is 2. The monoisotopic (exact) mass is 823 g/mol. The van der Waals surface area contributed by atoms with Crippen molar-refractivity contribution in [1.82, 2.24) is 0 Å². The Morgan fingerprint density at radius 2 is 0.964 bits per heavy atom. The van der Waals surface area contributed by atoms with E-state index >= 15 is 0 Å². The zero-order valence-electron chi connectivity index (χ0n) is 35.2. The molecule has 1 rings (SSSR count). The molecule has 0 aromatic carbocycles. The molecule has 1 fully saturated rings. The van der Waals surface area contributed by atoms with E-state index in [2.05, 4.69) is 26.0 Å². The highest BCUT2D eigenvalue weighted by Crippen LogP contribution is 2.47. The molecule has 0 aromatic rings. The Morgan fingerprint density at radius 3 is 1.46 bits per heavy atom. The summed E-state index contributed by atoms with van der Waals surface area (Å²) >= 11 is 0. The molecule has 0 amide bonds. The minimum Gasteiger partial charge on any atom is -0.457 e. The molecule has 13 heteroatoms. The molecular formula is C43H83O12P. The van der Waals surface area contributed by atoms with E-state index in [0.717, 1.165) is 57.8 Å². The van der Waals surface area contributed by atoms with Crippen LogP contribution < -0.4 is 0 Å². The first-order valence-electron chi connectivity index (χ1n) is 22.5. The van der Waals surface area contributed by atoms with Crippen LogP contribution in [0.15, 0.2) is 12.2 Å². The van der Waals surface area contributed by atoms with Gasteiger partial charge in [0.2, 0.25) is 0 Å². The number of esters is 1. The van der Waals surface area contributed by atoms with Crippen LogP contribution in [0.3, 0.4) is 0 Å². The summed E-state index contributed by atoms with van der Waals surface area (Å²) in [5.74, 6) is -0.476. The lowest BCUT2D eigenvalue weighted by molar-refractivity contribution is -0.220. The predicted molar refractivity (Wildman–Crippen MR) is 221 cm³/mol. The first-order valence-corrected chi connectivity index (χ1v) is 24.0. The van der Waals surface area contributed by atoms with Crippen molar-refractivity contribution in [2.45, 2.75) is 236 Å². The standard InChI is InChI=1S/C43H83O12P/c1-3-5-7-9-11-13-15-17-18-19-20-21-22-24-26-28-30-32-37(44)54-36(34-52-33-31-29-27-25-23-16-14-12-10-8-6-4-2)35-53-56(50,51)55-43-41(48)39(46)38(45)40(47)42(43)49/h10,12,36,38-43,45-49H,3-9,11,13-35H2,1-2H3,(H,50,51)/b12-10-. The van der Waals surface area contributed by atoms with Crippen molar-refractivity contribution in [2.75, 3.05) is 19.8 Å². The molecule has 1 saturated carbocycles. The minimum absolute atomic E-state index is 0.0759. The van der Waals surface area contributed by atoms with Gasteiger partial charge in [-0.05, 0) is 32.1 Å². The smallest absolute Gasteiger partial charge is 0.457 e. The van der Waals surface area contributed by atoms with Crippen LogP contribution >= 0.6 is 7.82 Å². The highest BCUT2D eigenvalue weighted by atomic mass is 31.2. The molecule has 0 aliphatic heterocycles. The van der Waals surface area contributed by atoms with Crippen LogP contribution in [0.1, 0.15) is 194 Å². The first-order chi connectivity index (χ1) is 27.0. The van der Waals surface area contributed by atoms with E-state index in [-0.39, 0.29) is 13.0 Å². The van der Waals surface area contributed by atoms with Gasteiger partial charge in [-0.2, -0.15) is 0 Å². The third kappa shape index (κ3) is 27.0. The molecule has 0 radical (unpaired) electrons. The Kier molecular flexibility index (Phi) is 33.1. The van der Waals surface area contributed by atoms with Crippen molar-refractivity contribution < 1.29 is 58.3 Å². The van der Waals surface area contributed by atoms with E-state index in [9.17, 15) is 39.8 Å². The van der Waals surface area contributed by atoms with Gasteiger partial charge in [-0.3, -0.25) is 13.8 Å². The van der Waals surface area contributed by atoms with Crippen molar-refractivity contribution in [3.05, 3.63) is 12.2 Å². The van der Waals surface area contributed by atoms with E-state index in [0.29, 0.717) is 13.0 Å². The number of unbranched alkanes of at least 4 members (excludes halogenated alkanes) is 24. The van der Waals surface area contributed by atoms with Gasteiger partial charge in [0.15, 0.2) is 0 Å². The summed E-state index contributed by atoms with van der Waals surface area (Å²) < 4.78 is 34.1. The molecule has 6 atom stereocenters. The molecule has 1 aliphatic rings. The predicted octanol–water partition coefficient (Wildman–Crippen LogP) is 8.75. The summed E-state index contributed by atoms with van der Waals surface area (Å²) in [5.41, 5.74) is 0. The van der Waals surface area contributed by atoms with E-state index in [4.69, 9.17) is 18.5 Å². The quantitative estimate of drug-likeness (QED) is 0.0150. The summed E-state index contributed by atoms with van der Waals surface area (Å²) in [7, 11) is -5.01. The lowest BCUT2D eigenvalue weighted by Gasteiger charge is -2.41. The van der Waals surface area contributed by atoms with Gasteiger partial charge >= 0.3 is 13.8 Å². The molecule has 0 saturated heterocycles. The topological polar surface area (TPSA) is 192 Å². The number of aliphatic hydroxyl groups excluding tert-OH is 5. The molecule has 0 spiro atoms. The summed E-state index contributed by atoms with van der Waals surface area (Å²) in [4.78, 5) is 23.1. The summed E-state index contributed by atoms with van der Waals surface area (Å²) in [6.45, 7) is 4.22. The summed E-state index contributed by atoms with van der Waals surface area (Å²) in [6.07, 6.45) is 24.3. The third-order valence-corrected chi connectivity index (χ3v) is 11.6. The van der Waals surface area contributed by atoms with Crippen LogP contribution in [-0.2, 0) is 27.9 Å². The molecule has 6 unspecified atom stereocenters. The minimum atomic E-state index is -5.01. The van der Waals surface area contributed by atoms with Crippen LogP contribution in [0.4, 0.5) is 0 Å². The third-order valence-electron chi connectivity index (χ3n) is 10.6. The van der Waals surface area contributed by atoms with Gasteiger partial charge in [-0.25, -0.2) is 4.57 Å². The normalized spacial score (nSPS) is 23.1. The molecule has 0 heterocycles. The van der Waals surface area contributed by atoms with E-state index in [1.807, 2.05) is 0 Å². The van der Waals surface area contributed by atoms with Crippen LogP contribution in [0.25, 0.3) is 0 Å². The highest BCUT2D eigenvalue weighted by Gasteiger charge is 2.51. The molecule has 12 nitrogen and oxygen atoms in total. The fourth-order valence-electron chi connectivity index (χ4n) is 6.98. The number of hydrogen-bond acceptors (Lipinski definition) is 11. The maximum atomic E-state index is 12.8. The van der Waals surface area contributed by atoms with Crippen LogP contribution in [0.2, 0.25) is 0 Å². The van der Waals surface area contributed by atoms with Gasteiger partial charge in [0, 0.05) is 13.0 Å². The number of hydrogen-bond donors (Lipinski definition) is 6. The Balaban J connectivity index is 2.39. The number of phosphoric acid groups is 1. The molecular weight excluding hydrogens is 739 g/mol. The molecule has 0 bridgehead atoms. The molecule has 6 N–H and O–H groups in total. The van der Waals surface area contributed by atoms with Crippen LogP contribution in [0, 0.1) is 0 Å². The van der Waals surface area contributed by atoms with Crippen molar-refractivity contribution in [3.63, 3.8) is 0 Å². The van der Waals surface area contributed by atoms with E-state index in [1.165, 1.54) is 109 Å². The number of ether oxygens (including phenoxy) is 2. The van der Waals surface area contributed by atoms with Gasteiger partial charge in [0.25, 0.3) is 0 Å². The number of carbonyl (C=O) groups excluding carboxylic acids is 1. The lowest BCUT2D eigenvalue weighted by Crippen LogP contribution is -2.64. The Bertz CT molecular complexity index is 984. The fraction of sp³-hybridized carbons (Fsp3) is 0.930. The number of carbonyl (C=O) groups is 1. The summed E-state index contributed by atoms with van der Waals surface area (Å²) in [6, 6.07) is 0. The van der Waals surface area contributed by atoms with Crippen LogP contribution in [-0.4, -0.2) is 98.9 Å². The zero-order valence-corrected chi connectivity index (χ0v) is 36.1.